The Morgan fingerprint density at radius 3 is 2.86 bits per heavy atom. The number of nitrogens with one attached hydrogen (secondary N) is 1. The van der Waals surface area contributed by atoms with Crippen molar-refractivity contribution < 1.29 is 4.79 Å². The first-order valence-corrected chi connectivity index (χ1v) is 7.86. The van der Waals surface area contributed by atoms with Crippen LogP contribution < -0.4 is 5.32 Å². The van der Waals surface area contributed by atoms with Crippen LogP contribution in [0.15, 0.2) is 36.4 Å². The van der Waals surface area contributed by atoms with Crippen LogP contribution in [0.3, 0.4) is 0 Å². The number of rotatable bonds is 1. The fraction of sp³-hybridized carbons (Fsp3) is 0.316. The number of anilines is 1. The molecule has 1 atom stereocenters. The Bertz CT molecular complexity index is 766. The largest absolute Gasteiger partial charge is 0.326 e. The Balaban J connectivity index is 1.89. The van der Waals surface area contributed by atoms with Gasteiger partial charge in [-0.1, -0.05) is 24.3 Å². The maximum absolute atomic E-state index is 11.3. The minimum atomic E-state index is -0.0246. The maximum atomic E-state index is 11.3. The number of carbonyl (C=O) groups is 1. The Morgan fingerprint density at radius 2 is 2.05 bits per heavy atom. The number of hydrogen-bond donors (Lipinski definition) is 1. The molecule has 4 rings (SSSR count). The van der Waals surface area contributed by atoms with E-state index in [1.54, 1.807) is 6.92 Å². The zero-order valence-corrected chi connectivity index (χ0v) is 13.0. The minimum Gasteiger partial charge on any atom is -0.326 e. The summed E-state index contributed by atoms with van der Waals surface area (Å²) >= 11 is 0. The van der Waals surface area contributed by atoms with Crippen molar-refractivity contribution in [2.24, 2.45) is 0 Å². The standard InChI is InChI=1S/C19H20N2O/c1-12(22)20-15-7-6-14-10-18-19-13(8-9-21(18)2)4-3-5-16(19)17(14)11-15/h3-7,11,18H,8-10H2,1-2H3,(H,20,22). The van der Waals surface area contributed by atoms with Gasteiger partial charge in [0.05, 0.1) is 0 Å². The summed E-state index contributed by atoms with van der Waals surface area (Å²) in [4.78, 5) is 13.8. The van der Waals surface area contributed by atoms with Gasteiger partial charge in [-0.2, -0.15) is 0 Å². The number of nitrogens with zero attached hydrogens (tertiary/aromatic N) is 1. The molecule has 1 amide bonds. The lowest BCUT2D eigenvalue weighted by atomic mass is 9.77. The highest BCUT2D eigenvalue weighted by Crippen LogP contribution is 2.45. The average Bonchev–Trinajstić information content (AvgIpc) is 2.50. The second-order valence-corrected chi connectivity index (χ2v) is 6.38. The van der Waals surface area contributed by atoms with Crippen molar-refractivity contribution in [3.05, 3.63) is 53.1 Å². The number of hydrogen-bond acceptors (Lipinski definition) is 2. The molecule has 2 aromatic carbocycles. The maximum Gasteiger partial charge on any atom is 0.221 e. The van der Waals surface area contributed by atoms with Gasteiger partial charge in [0, 0.05) is 25.2 Å². The quantitative estimate of drug-likeness (QED) is 0.873. The van der Waals surface area contributed by atoms with Crippen LogP contribution in [-0.4, -0.2) is 24.4 Å². The van der Waals surface area contributed by atoms with Crippen molar-refractivity contribution >= 4 is 11.6 Å². The van der Waals surface area contributed by atoms with Crippen LogP contribution in [0.1, 0.15) is 29.7 Å². The molecule has 0 saturated heterocycles. The zero-order valence-electron chi connectivity index (χ0n) is 13.0. The molecule has 0 fully saturated rings. The molecule has 2 aromatic rings. The van der Waals surface area contributed by atoms with E-state index in [-0.39, 0.29) is 5.91 Å². The summed E-state index contributed by atoms with van der Waals surface area (Å²) in [5.74, 6) is -0.0246. The third kappa shape index (κ3) is 2.04. The molecule has 0 bridgehead atoms. The summed E-state index contributed by atoms with van der Waals surface area (Å²) in [5, 5.41) is 2.90. The highest BCUT2D eigenvalue weighted by molar-refractivity contribution is 5.90. The van der Waals surface area contributed by atoms with Crippen molar-refractivity contribution in [2.75, 3.05) is 18.9 Å². The van der Waals surface area contributed by atoms with Gasteiger partial charge < -0.3 is 5.32 Å². The molecule has 0 saturated carbocycles. The molecule has 112 valence electrons. The molecule has 3 nitrogen and oxygen atoms in total. The lowest BCUT2D eigenvalue weighted by molar-refractivity contribution is -0.114. The molecule has 1 unspecified atom stereocenters. The molecule has 3 heteroatoms. The smallest absolute Gasteiger partial charge is 0.221 e. The second kappa shape index (κ2) is 4.96. The van der Waals surface area contributed by atoms with Gasteiger partial charge in [0.2, 0.25) is 5.91 Å². The van der Waals surface area contributed by atoms with Crippen LogP contribution >= 0.6 is 0 Å². The summed E-state index contributed by atoms with van der Waals surface area (Å²) in [6.45, 7) is 2.68. The van der Waals surface area contributed by atoms with Crippen LogP contribution in [-0.2, 0) is 17.6 Å². The Labute approximate surface area is 131 Å². The van der Waals surface area contributed by atoms with E-state index in [9.17, 15) is 4.79 Å². The Hall–Kier alpha value is -2.13. The first-order valence-electron chi connectivity index (χ1n) is 7.86. The molecule has 0 aromatic heterocycles. The summed E-state index contributed by atoms with van der Waals surface area (Å²) < 4.78 is 0. The van der Waals surface area contributed by atoms with Crippen LogP contribution in [0.2, 0.25) is 0 Å². The molecule has 0 radical (unpaired) electrons. The van der Waals surface area contributed by atoms with Crippen LogP contribution in [0.5, 0.6) is 0 Å². The monoisotopic (exact) mass is 292 g/mol. The lowest BCUT2D eigenvalue weighted by Gasteiger charge is -2.39. The van der Waals surface area contributed by atoms with Crippen molar-refractivity contribution in [3.63, 3.8) is 0 Å². The molecule has 22 heavy (non-hydrogen) atoms. The van der Waals surface area contributed by atoms with E-state index < -0.39 is 0 Å². The van der Waals surface area contributed by atoms with Gasteiger partial charge in [-0.15, -0.1) is 0 Å². The minimum absolute atomic E-state index is 0.0246. The zero-order chi connectivity index (χ0) is 15.3. The fourth-order valence-corrected chi connectivity index (χ4v) is 3.88. The summed E-state index contributed by atoms with van der Waals surface area (Å²) in [6.07, 6.45) is 2.17. The highest BCUT2D eigenvalue weighted by atomic mass is 16.1. The summed E-state index contributed by atoms with van der Waals surface area (Å²) in [7, 11) is 2.22. The average molecular weight is 292 g/mol. The van der Waals surface area contributed by atoms with E-state index in [4.69, 9.17) is 0 Å². The van der Waals surface area contributed by atoms with Gasteiger partial charge >= 0.3 is 0 Å². The first-order chi connectivity index (χ1) is 10.6. The number of likely N-dealkylation sites (N-methyl/N-ethyl adjacent to an activating group) is 1. The van der Waals surface area contributed by atoms with E-state index in [2.05, 4.69) is 47.6 Å². The predicted octanol–water partition coefficient (Wildman–Crippen LogP) is 3.40. The van der Waals surface area contributed by atoms with E-state index in [0.29, 0.717) is 6.04 Å². The molecule has 1 aliphatic heterocycles. The van der Waals surface area contributed by atoms with Crippen molar-refractivity contribution in [3.8, 4) is 11.1 Å². The van der Waals surface area contributed by atoms with Crippen LogP contribution in [0.25, 0.3) is 11.1 Å². The van der Waals surface area contributed by atoms with Gasteiger partial charge in [-0.05, 0) is 59.8 Å². The van der Waals surface area contributed by atoms with E-state index >= 15 is 0 Å². The molecule has 2 aliphatic rings. The molecule has 1 N–H and O–H groups in total. The fourth-order valence-electron chi connectivity index (χ4n) is 3.88. The van der Waals surface area contributed by atoms with Crippen molar-refractivity contribution in [1.29, 1.82) is 0 Å². The highest BCUT2D eigenvalue weighted by Gasteiger charge is 2.32. The number of fused-ring (bicyclic) bond motifs is 2. The van der Waals surface area contributed by atoms with E-state index in [1.165, 1.54) is 27.8 Å². The van der Waals surface area contributed by atoms with Crippen LogP contribution in [0, 0.1) is 0 Å². The first kappa shape index (κ1) is 13.5. The Morgan fingerprint density at radius 1 is 1.18 bits per heavy atom. The normalized spacial score (nSPS) is 19.3. The molecular weight excluding hydrogens is 272 g/mol. The number of benzene rings is 2. The van der Waals surface area contributed by atoms with Gasteiger partial charge in [0.15, 0.2) is 0 Å². The lowest BCUT2D eigenvalue weighted by Crippen LogP contribution is -2.35. The topological polar surface area (TPSA) is 32.3 Å². The van der Waals surface area contributed by atoms with Gasteiger partial charge in [-0.25, -0.2) is 0 Å². The molecule has 0 spiro atoms. The van der Waals surface area contributed by atoms with Gasteiger partial charge in [-0.3, -0.25) is 9.69 Å². The summed E-state index contributed by atoms with van der Waals surface area (Å²) in [6, 6.07) is 13.4. The van der Waals surface area contributed by atoms with Crippen molar-refractivity contribution in [2.45, 2.75) is 25.8 Å². The third-order valence-corrected chi connectivity index (χ3v) is 4.93. The predicted molar refractivity (Wildman–Crippen MR) is 89.0 cm³/mol. The van der Waals surface area contributed by atoms with Crippen molar-refractivity contribution in [1.82, 2.24) is 4.90 Å². The van der Waals surface area contributed by atoms with Gasteiger partial charge in [0.25, 0.3) is 0 Å². The molecule has 1 aliphatic carbocycles. The molecule has 1 heterocycles. The van der Waals surface area contributed by atoms with Gasteiger partial charge in [0.1, 0.15) is 0 Å². The van der Waals surface area contributed by atoms with E-state index in [1.807, 2.05) is 6.07 Å². The Kier molecular flexibility index (Phi) is 3.05. The van der Waals surface area contributed by atoms with Crippen LogP contribution in [0.4, 0.5) is 5.69 Å². The number of carbonyl (C=O) groups excluding carboxylic acids is 1. The SMILES string of the molecule is CC(=O)Nc1ccc2c(c1)-c1cccc3c1C(C2)N(C)CC3. The molecular formula is C19H20N2O. The second-order valence-electron chi connectivity index (χ2n) is 6.38. The van der Waals surface area contributed by atoms with E-state index in [0.717, 1.165) is 25.1 Å². The summed E-state index contributed by atoms with van der Waals surface area (Å²) in [5.41, 5.74) is 7.83. The third-order valence-electron chi connectivity index (χ3n) is 4.93. The number of amides is 1.